The maximum absolute atomic E-state index is 12.4. The number of hydrogen-bond donors (Lipinski definition) is 1. The molecule has 1 N–H and O–H groups in total. The number of piperazine rings is 1. The number of halogens is 1. The van der Waals surface area contributed by atoms with E-state index in [0.29, 0.717) is 5.69 Å². The second-order valence-electron chi connectivity index (χ2n) is 7.16. The molecular weight excluding hydrogens is 404 g/mol. The molecule has 5 nitrogen and oxygen atoms in total. The smallest absolute Gasteiger partial charge is 0.275 e. The van der Waals surface area contributed by atoms with E-state index in [2.05, 4.69) is 26.2 Å². The number of aromatic nitrogens is 1. The number of amides is 1. The van der Waals surface area contributed by atoms with E-state index in [4.69, 9.17) is 11.6 Å². The fraction of sp³-hybridized carbons (Fsp3) is 0.273. The van der Waals surface area contributed by atoms with Gasteiger partial charge in [-0.2, -0.15) is 0 Å². The summed E-state index contributed by atoms with van der Waals surface area (Å²) in [6.45, 7) is 6.52. The minimum Gasteiger partial charge on any atom is -0.368 e. The maximum Gasteiger partial charge on any atom is 0.275 e. The molecule has 0 atom stereocenters. The highest BCUT2D eigenvalue weighted by molar-refractivity contribution is 7.09. The SMILES string of the molecule is Cc1ccc(NC(=O)c2csc(CN3CCN(c4ccccc4Cl)CC3)n2)cc1. The Morgan fingerprint density at radius 1 is 1.10 bits per heavy atom. The second-order valence-corrected chi connectivity index (χ2v) is 8.51. The highest BCUT2D eigenvalue weighted by atomic mass is 35.5. The first kappa shape index (κ1) is 19.9. The minimum absolute atomic E-state index is 0.167. The van der Waals surface area contributed by atoms with Crippen molar-refractivity contribution in [3.8, 4) is 0 Å². The van der Waals surface area contributed by atoms with Crippen LogP contribution in [-0.2, 0) is 6.54 Å². The van der Waals surface area contributed by atoms with E-state index in [1.54, 1.807) is 0 Å². The van der Waals surface area contributed by atoms with E-state index < -0.39 is 0 Å². The topological polar surface area (TPSA) is 48.5 Å². The van der Waals surface area contributed by atoms with Gasteiger partial charge in [-0.3, -0.25) is 9.69 Å². The van der Waals surface area contributed by atoms with Crippen molar-refractivity contribution in [3.63, 3.8) is 0 Å². The summed E-state index contributed by atoms with van der Waals surface area (Å²) in [5, 5.41) is 6.50. The molecule has 2 aromatic carbocycles. The number of nitrogens with one attached hydrogen (secondary N) is 1. The molecule has 1 saturated heterocycles. The lowest BCUT2D eigenvalue weighted by Gasteiger charge is -2.36. The summed E-state index contributed by atoms with van der Waals surface area (Å²) >= 11 is 7.86. The highest BCUT2D eigenvalue weighted by Gasteiger charge is 2.20. The van der Waals surface area contributed by atoms with Crippen LogP contribution in [0.2, 0.25) is 5.02 Å². The van der Waals surface area contributed by atoms with Crippen molar-refractivity contribution in [2.24, 2.45) is 0 Å². The average Bonchev–Trinajstić information content (AvgIpc) is 3.19. The first-order valence-corrected chi connectivity index (χ1v) is 10.9. The number of nitrogens with zero attached hydrogens (tertiary/aromatic N) is 3. The van der Waals surface area contributed by atoms with Gasteiger partial charge in [0.15, 0.2) is 0 Å². The predicted molar refractivity (Wildman–Crippen MR) is 120 cm³/mol. The number of rotatable bonds is 5. The van der Waals surface area contributed by atoms with Crippen LogP contribution in [0.25, 0.3) is 0 Å². The Bertz CT molecular complexity index is 980. The van der Waals surface area contributed by atoms with Gasteiger partial charge in [-0.05, 0) is 31.2 Å². The summed E-state index contributed by atoms with van der Waals surface area (Å²) in [7, 11) is 0. The number of hydrogen-bond acceptors (Lipinski definition) is 5. The van der Waals surface area contributed by atoms with Crippen molar-refractivity contribution in [1.82, 2.24) is 9.88 Å². The fourth-order valence-electron chi connectivity index (χ4n) is 3.37. The van der Waals surface area contributed by atoms with Crippen molar-refractivity contribution in [2.75, 3.05) is 36.4 Å². The molecule has 0 spiro atoms. The van der Waals surface area contributed by atoms with Crippen molar-refractivity contribution in [1.29, 1.82) is 0 Å². The van der Waals surface area contributed by atoms with E-state index in [-0.39, 0.29) is 5.91 Å². The summed E-state index contributed by atoms with van der Waals surface area (Å²) in [6, 6.07) is 15.7. The molecule has 29 heavy (non-hydrogen) atoms. The quantitative estimate of drug-likeness (QED) is 0.643. The van der Waals surface area contributed by atoms with Crippen LogP contribution in [0.4, 0.5) is 11.4 Å². The summed E-state index contributed by atoms with van der Waals surface area (Å²) in [5.41, 5.74) is 3.51. The van der Waals surface area contributed by atoms with Crippen LogP contribution in [0.5, 0.6) is 0 Å². The molecule has 0 radical (unpaired) electrons. The lowest BCUT2D eigenvalue weighted by molar-refractivity contribution is 0.102. The Morgan fingerprint density at radius 2 is 1.83 bits per heavy atom. The zero-order valence-corrected chi connectivity index (χ0v) is 17.8. The zero-order chi connectivity index (χ0) is 20.2. The monoisotopic (exact) mass is 426 g/mol. The van der Waals surface area contributed by atoms with Gasteiger partial charge in [-0.15, -0.1) is 11.3 Å². The molecule has 7 heteroatoms. The van der Waals surface area contributed by atoms with E-state index in [0.717, 1.165) is 59.7 Å². The third-order valence-electron chi connectivity index (χ3n) is 5.02. The third-order valence-corrected chi connectivity index (χ3v) is 6.17. The molecule has 0 saturated carbocycles. The standard InChI is InChI=1S/C22H23ClN4OS/c1-16-6-8-17(9-7-16)24-22(28)19-15-29-21(25-19)14-26-10-12-27(13-11-26)20-5-3-2-4-18(20)23/h2-9,15H,10-14H2,1H3,(H,24,28). The molecule has 1 fully saturated rings. The summed E-state index contributed by atoms with van der Waals surface area (Å²) < 4.78 is 0. The number of thiazole rings is 1. The van der Waals surface area contributed by atoms with Crippen LogP contribution in [0.15, 0.2) is 53.9 Å². The number of para-hydroxylation sites is 1. The van der Waals surface area contributed by atoms with Crippen LogP contribution >= 0.6 is 22.9 Å². The summed E-state index contributed by atoms with van der Waals surface area (Å²) in [6.07, 6.45) is 0. The van der Waals surface area contributed by atoms with E-state index >= 15 is 0 Å². The Labute approximate surface area is 179 Å². The van der Waals surface area contributed by atoms with E-state index in [9.17, 15) is 4.79 Å². The van der Waals surface area contributed by atoms with Crippen LogP contribution in [0.3, 0.4) is 0 Å². The second kappa shape index (κ2) is 8.95. The van der Waals surface area contributed by atoms with Gasteiger partial charge in [0.25, 0.3) is 5.91 Å². The van der Waals surface area contributed by atoms with Gasteiger partial charge in [-0.25, -0.2) is 4.98 Å². The first-order valence-electron chi connectivity index (χ1n) is 9.63. The van der Waals surface area contributed by atoms with Crippen LogP contribution in [0, 0.1) is 6.92 Å². The normalized spacial score (nSPS) is 14.8. The van der Waals surface area contributed by atoms with Gasteiger partial charge in [0.05, 0.1) is 17.3 Å². The summed E-state index contributed by atoms with van der Waals surface area (Å²) in [4.78, 5) is 21.7. The number of aryl methyl sites for hydroxylation is 1. The van der Waals surface area contributed by atoms with Gasteiger partial charge in [-0.1, -0.05) is 41.4 Å². The molecule has 0 aliphatic carbocycles. The zero-order valence-electron chi connectivity index (χ0n) is 16.3. The molecule has 1 aliphatic heterocycles. The summed E-state index contributed by atoms with van der Waals surface area (Å²) in [5.74, 6) is -0.167. The van der Waals surface area contributed by atoms with Gasteiger partial charge in [0.1, 0.15) is 10.7 Å². The van der Waals surface area contributed by atoms with Crippen molar-refractivity contribution >= 4 is 40.2 Å². The largest absolute Gasteiger partial charge is 0.368 e. The Kier molecular flexibility index (Phi) is 6.13. The van der Waals surface area contributed by atoms with E-state index in [1.807, 2.05) is 54.8 Å². The fourth-order valence-corrected chi connectivity index (χ4v) is 4.44. The molecule has 1 aromatic heterocycles. The van der Waals surface area contributed by atoms with Crippen molar-refractivity contribution in [3.05, 3.63) is 75.2 Å². The molecule has 0 bridgehead atoms. The van der Waals surface area contributed by atoms with Crippen molar-refractivity contribution in [2.45, 2.75) is 13.5 Å². The maximum atomic E-state index is 12.4. The Hall–Kier alpha value is -2.41. The number of carbonyl (C=O) groups is 1. The number of anilines is 2. The van der Waals surface area contributed by atoms with Gasteiger partial charge < -0.3 is 10.2 Å². The Morgan fingerprint density at radius 3 is 2.55 bits per heavy atom. The van der Waals surface area contributed by atoms with Crippen LogP contribution < -0.4 is 10.2 Å². The number of benzene rings is 2. The number of carbonyl (C=O) groups excluding carboxylic acids is 1. The van der Waals surface area contributed by atoms with Gasteiger partial charge in [0.2, 0.25) is 0 Å². The lowest BCUT2D eigenvalue weighted by Crippen LogP contribution is -2.46. The first-order chi connectivity index (χ1) is 14.1. The molecule has 1 amide bonds. The average molecular weight is 427 g/mol. The highest BCUT2D eigenvalue weighted by Crippen LogP contribution is 2.26. The molecule has 150 valence electrons. The lowest BCUT2D eigenvalue weighted by atomic mass is 10.2. The molecule has 4 rings (SSSR count). The third kappa shape index (κ3) is 4.96. The minimum atomic E-state index is -0.167. The molecule has 1 aliphatic rings. The van der Waals surface area contributed by atoms with Crippen molar-refractivity contribution < 1.29 is 4.79 Å². The molecule has 0 unspecified atom stereocenters. The van der Waals surface area contributed by atoms with E-state index in [1.165, 1.54) is 11.3 Å². The Balaban J connectivity index is 1.31. The van der Waals surface area contributed by atoms with Crippen LogP contribution in [-0.4, -0.2) is 42.0 Å². The van der Waals surface area contributed by atoms with Gasteiger partial charge in [0, 0.05) is 37.2 Å². The molecule has 2 heterocycles. The molecular formula is C22H23ClN4OS. The molecule has 3 aromatic rings. The predicted octanol–water partition coefficient (Wildman–Crippen LogP) is 4.68. The van der Waals surface area contributed by atoms with Crippen LogP contribution in [0.1, 0.15) is 21.1 Å². The van der Waals surface area contributed by atoms with Gasteiger partial charge >= 0.3 is 0 Å².